The molecule has 1 heterocycles. The van der Waals surface area contributed by atoms with E-state index in [1.54, 1.807) is 24.5 Å². The molecular weight excluding hydrogens is 512 g/mol. The van der Waals surface area contributed by atoms with E-state index in [4.69, 9.17) is 4.74 Å². The predicted octanol–water partition coefficient (Wildman–Crippen LogP) is 3.03. The molecule has 6 atom stereocenters. The molecule has 4 aliphatic carbocycles. The quantitative estimate of drug-likeness (QED) is 0.471. The molecule has 0 aromatic carbocycles. The number of aliphatic hydroxyl groups is 1. The zero-order chi connectivity index (χ0) is 28.7. The van der Waals surface area contributed by atoms with E-state index in [-0.39, 0.29) is 66.3 Å². The Balaban J connectivity index is 1.18. The molecule has 9 heteroatoms. The minimum atomic E-state index is -1.76. The number of ether oxygens (including phenoxy) is 1. The molecule has 0 aliphatic heterocycles. The molecule has 214 valence electrons. The second-order valence-corrected chi connectivity index (χ2v) is 12.5. The maximum absolute atomic E-state index is 13.7. The monoisotopic (exact) mass is 550 g/mol. The topological polar surface area (TPSA) is 140 Å². The molecule has 40 heavy (non-hydrogen) atoms. The molecule has 0 radical (unpaired) electrons. The number of pyridine rings is 1. The van der Waals surface area contributed by atoms with Gasteiger partial charge in [0.05, 0.1) is 6.42 Å². The molecule has 1 aromatic heterocycles. The molecule has 0 bridgehead atoms. The standard InChI is InChI=1S/C31H38N2O7/c1-29-11-9-21(34)14-20(29)5-6-22-23-10-12-31(39,30(23,2)15-24(35)28(22)29)25(36)18-40-27(38)8-7-26(37)33-17-19-4-3-13-32-16-19/h3-4,13-14,16,22-23,28,39H,5-12,15,17-18H2,1-2H3,(H,33,37)/t22-,23-,28-,29-,30-,31-/m0/s1. The molecule has 3 saturated carbocycles. The van der Waals surface area contributed by atoms with E-state index >= 15 is 0 Å². The fourth-order valence-corrected chi connectivity index (χ4v) is 8.19. The van der Waals surface area contributed by atoms with Gasteiger partial charge in [0.1, 0.15) is 11.4 Å². The van der Waals surface area contributed by atoms with Crippen LogP contribution >= 0.6 is 0 Å². The van der Waals surface area contributed by atoms with Crippen molar-refractivity contribution in [1.82, 2.24) is 10.3 Å². The molecular formula is C31H38N2O7. The number of carbonyl (C=O) groups excluding carboxylic acids is 5. The van der Waals surface area contributed by atoms with E-state index in [1.807, 2.05) is 13.0 Å². The molecule has 5 rings (SSSR count). The van der Waals surface area contributed by atoms with Gasteiger partial charge in [-0.25, -0.2) is 0 Å². The summed E-state index contributed by atoms with van der Waals surface area (Å²) >= 11 is 0. The Hall–Kier alpha value is -3.20. The fourth-order valence-electron chi connectivity index (χ4n) is 8.19. The molecule has 3 fully saturated rings. The van der Waals surface area contributed by atoms with E-state index in [1.165, 1.54) is 0 Å². The van der Waals surface area contributed by atoms with Crippen LogP contribution < -0.4 is 5.32 Å². The first kappa shape index (κ1) is 28.3. The molecule has 1 amide bonds. The summed E-state index contributed by atoms with van der Waals surface area (Å²) in [5.74, 6) is -1.63. The zero-order valence-electron chi connectivity index (χ0n) is 23.2. The highest BCUT2D eigenvalue weighted by atomic mass is 16.5. The Labute approximate surface area is 234 Å². The Morgan fingerprint density at radius 2 is 1.93 bits per heavy atom. The highest BCUT2D eigenvalue weighted by Crippen LogP contribution is 2.66. The number of Topliss-reactive ketones (excluding diaryl/α,β-unsaturated/α-hetero) is 2. The van der Waals surface area contributed by atoms with E-state index in [0.717, 1.165) is 24.0 Å². The summed E-state index contributed by atoms with van der Waals surface area (Å²) < 4.78 is 5.19. The van der Waals surface area contributed by atoms with Gasteiger partial charge in [-0.1, -0.05) is 25.5 Å². The fraction of sp³-hybridized carbons (Fsp3) is 0.613. The average molecular weight is 551 g/mol. The van der Waals surface area contributed by atoms with Crippen LogP contribution in [-0.4, -0.2) is 51.5 Å². The van der Waals surface area contributed by atoms with Crippen LogP contribution in [0.1, 0.15) is 77.2 Å². The van der Waals surface area contributed by atoms with Crippen LogP contribution in [-0.2, 0) is 35.3 Å². The van der Waals surface area contributed by atoms with Crippen molar-refractivity contribution in [2.75, 3.05) is 6.61 Å². The lowest BCUT2D eigenvalue weighted by Gasteiger charge is -2.57. The Bertz CT molecular complexity index is 1260. The molecule has 0 unspecified atom stereocenters. The summed E-state index contributed by atoms with van der Waals surface area (Å²) in [6, 6.07) is 3.59. The normalized spacial score (nSPS) is 34.7. The molecule has 4 aliphatic rings. The van der Waals surface area contributed by atoms with Crippen LogP contribution in [0.5, 0.6) is 0 Å². The van der Waals surface area contributed by atoms with Crippen molar-refractivity contribution < 1.29 is 33.8 Å². The van der Waals surface area contributed by atoms with Crippen molar-refractivity contribution in [1.29, 1.82) is 0 Å². The van der Waals surface area contributed by atoms with Gasteiger partial charge >= 0.3 is 5.97 Å². The van der Waals surface area contributed by atoms with Crippen LogP contribution in [0.3, 0.4) is 0 Å². The van der Waals surface area contributed by atoms with Crippen molar-refractivity contribution in [2.45, 2.75) is 83.8 Å². The smallest absolute Gasteiger partial charge is 0.306 e. The average Bonchev–Trinajstić information content (AvgIpc) is 3.20. The molecule has 1 aromatic rings. The van der Waals surface area contributed by atoms with Crippen molar-refractivity contribution in [3.8, 4) is 0 Å². The van der Waals surface area contributed by atoms with Gasteiger partial charge in [0.2, 0.25) is 11.7 Å². The Kier molecular flexibility index (Phi) is 7.54. The van der Waals surface area contributed by atoms with Gasteiger partial charge in [-0.05, 0) is 67.1 Å². The van der Waals surface area contributed by atoms with Gasteiger partial charge in [0, 0.05) is 49.5 Å². The Morgan fingerprint density at radius 1 is 1.12 bits per heavy atom. The van der Waals surface area contributed by atoms with Gasteiger partial charge in [-0.15, -0.1) is 0 Å². The lowest BCUT2D eigenvalue weighted by molar-refractivity contribution is -0.173. The van der Waals surface area contributed by atoms with Gasteiger partial charge in [0.25, 0.3) is 0 Å². The number of rotatable bonds is 8. The number of hydrogen-bond acceptors (Lipinski definition) is 8. The van der Waals surface area contributed by atoms with E-state index in [0.29, 0.717) is 25.8 Å². The number of amides is 1. The van der Waals surface area contributed by atoms with Crippen molar-refractivity contribution in [3.63, 3.8) is 0 Å². The SMILES string of the molecule is C[C@]12CCC(=O)C=C1CC[C@@H]1[C@H]2C(=O)C[C@@]2(C)[C@H]1CC[C@]2(O)C(=O)COC(=O)CCC(=O)NCc1cccnc1. The minimum Gasteiger partial charge on any atom is -0.458 e. The van der Waals surface area contributed by atoms with Gasteiger partial charge in [0.15, 0.2) is 12.4 Å². The Morgan fingerprint density at radius 3 is 2.67 bits per heavy atom. The van der Waals surface area contributed by atoms with Gasteiger partial charge in [-0.3, -0.25) is 29.0 Å². The van der Waals surface area contributed by atoms with Crippen LogP contribution in [0.15, 0.2) is 36.2 Å². The van der Waals surface area contributed by atoms with Crippen LogP contribution in [0.4, 0.5) is 0 Å². The summed E-state index contributed by atoms with van der Waals surface area (Å²) in [5, 5.41) is 14.5. The number of allylic oxidation sites excluding steroid dienone is 1. The maximum Gasteiger partial charge on any atom is 0.306 e. The largest absolute Gasteiger partial charge is 0.458 e. The van der Waals surface area contributed by atoms with Crippen LogP contribution in [0.2, 0.25) is 0 Å². The molecule has 2 N–H and O–H groups in total. The molecule has 0 spiro atoms. The number of hydrogen-bond donors (Lipinski definition) is 2. The number of carbonyl (C=O) groups is 5. The number of fused-ring (bicyclic) bond motifs is 5. The number of ketones is 3. The maximum atomic E-state index is 13.7. The number of esters is 1. The number of nitrogens with one attached hydrogen (secondary N) is 1. The third-order valence-corrected chi connectivity index (χ3v) is 10.4. The van der Waals surface area contributed by atoms with Crippen molar-refractivity contribution >= 4 is 29.2 Å². The predicted molar refractivity (Wildman–Crippen MR) is 143 cm³/mol. The second kappa shape index (κ2) is 10.7. The second-order valence-electron chi connectivity index (χ2n) is 12.5. The first-order valence-corrected chi connectivity index (χ1v) is 14.3. The zero-order valence-corrected chi connectivity index (χ0v) is 23.2. The van der Waals surface area contributed by atoms with Crippen molar-refractivity contribution in [3.05, 3.63) is 41.7 Å². The molecule has 9 nitrogen and oxygen atoms in total. The van der Waals surface area contributed by atoms with Gasteiger partial charge in [-0.2, -0.15) is 0 Å². The first-order chi connectivity index (χ1) is 19.0. The van der Waals surface area contributed by atoms with E-state index < -0.39 is 29.4 Å². The summed E-state index contributed by atoms with van der Waals surface area (Å²) in [5.41, 5.74) is -1.15. The summed E-state index contributed by atoms with van der Waals surface area (Å²) in [6.45, 7) is 3.64. The summed E-state index contributed by atoms with van der Waals surface area (Å²) in [6.07, 6.45) is 8.28. The van der Waals surface area contributed by atoms with Crippen LogP contribution in [0, 0.1) is 28.6 Å². The first-order valence-electron chi connectivity index (χ1n) is 14.3. The van der Waals surface area contributed by atoms with Crippen molar-refractivity contribution in [2.24, 2.45) is 28.6 Å². The van der Waals surface area contributed by atoms with E-state index in [2.05, 4.69) is 17.2 Å². The lowest BCUT2D eigenvalue weighted by atomic mass is 9.46. The minimum absolute atomic E-state index is 0.0145. The third-order valence-electron chi connectivity index (χ3n) is 10.4. The number of nitrogens with zero attached hydrogens (tertiary/aromatic N) is 1. The third kappa shape index (κ3) is 4.82. The van der Waals surface area contributed by atoms with Crippen LogP contribution in [0.25, 0.3) is 0 Å². The molecule has 0 saturated heterocycles. The highest BCUT2D eigenvalue weighted by Gasteiger charge is 2.68. The summed E-state index contributed by atoms with van der Waals surface area (Å²) in [7, 11) is 0. The number of aromatic nitrogens is 1. The lowest BCUT2D eigenvalue weighted by Crippen LogP contribution is -2.61. The van der Waals surface area contributed by atoms with Gasteiger partial charge < -0.3 is 15.2 Å². The van der Waals surface area contributed by atoms with E-state index in [9.17, 15) is 29.1 Å². The highest BCUT2D eigenvalue weighted by molar-refractivity contribution is 5.95. The summed E-state index contributed by atoms with van der Waals surface area (Å²) in [4.78, 5) is 67.5.